The van der Waals surface area contributed by atoms with Crippen LogP contribution in [-0.4, -0.2) is 61.0 Å². The maximum Gasteiger partial charge on any atom is 0.225 e. The molecular weight excluding hydrogens is 323 g/mol. The van der Waals surface area contributed by atoms with Crippen molar-refractivity contribution in [2.75, 3.05) is 39.4 Å². The quantitative estimate of drug-likeness (QED) is 0.834. The first-order valence-electron chi connectivity index (χ1n) is 9.02. The fourth-order valence-electron chi connectivity index (χ4n) is 3.52. The minimum absolute atomic E-state index is 0.0189. The second-order valence-corrected chi connectivity index (χ2v) is 6.72. The van der Waals surface area contributed by atoms with Crippen LogP contribution in [0.25, 0.3) is 0 Å². The van der Waals surface area contributed by atoms with Gasteiger partial charge in [0.1, 0.15) is 5.82 Å². The minimum atomic E-state index is -0.271. The van der Waals surface area contributed by atoms with Gasteiger partial charge in [-0.15, -0.1) is 0 Å². The predicted molar refractivity (Wildman–Crippen MR) is 91.4 cm³/mol. The van der Waals surface area contributed by atoms with Gasteiger partial charge >= 0.3 is 0 Å². The number of halogens is 1. The number of hydrogen-bond acceptors (Lipinski definition) is 3. The van der Waals surface area contributed by atoms with E-state index in [9.17, 15) is 14.0 Å². The van der Waals surface area contributed by atoms with Crippen molar-refractivity contribution in [2.24, 2.45) is 5.92 Å². The SMILES string of the molecule is O=C(CCc1cccc(F)c1)N1CCC(C(=O)N2CCOCC2)CC1. The number of nitrogens with zero attached hydrogens (tertiary/aromatic N) is 2. The molecule has 2 saturated heterocycles. The molecule has 136 valence electrons. The lowest BCUT2D eigenvalue weighted by molar-refractivity contribution is -0.143. The molecule has 2 aliphatic rings. The summed E-state index contributed by atoms with van der Waals surface area (Å²) in [4.78, 5) is 28.6. The zero-order chi connectivity index (χ0) is 17.6. The molecule has 0 aliphatic carbocycles. The number of likely N-dealkylation sites (tertiary alicyclic amines) is 1. The molecule has 0 spiro atoms. The summed E-state index contributed by atoms with van der Waals surface area (Å²) in [6, 6.07) is 6.38. The highest BCUT2D eigenvalue weighted by Crippen LogP contribution is 2.21. The van der Waals surface area contributed by atoms with Crippen molar-refractivity contribution >= 4 is 11.8 Å². The molecule has 2 heterocycles. The lowest BCUT2D eigenvalue weighted by atomic mass is 9.94. The third-order valence-corrected chi connectivity index (χ3v) is 5.04. The summed E-state index contributed by atoms with van der Waals surface area (Å²) in [5.41, 5.74) is 0.839. The Bertz CT molecular complexity index is 608. The number of aryl methyl sites for hydroxylation is 1. The van der Waals surface area contributed by atoms with Crippen molar-refractivity contribution in [3.8, 4) is 0 Å². The Morgan fingerprint density at radius 1 is 1.08 bits per heavy atom. The Labute approximate surface area is 147 Å². The van der Waals surface area contributed by atoms with Crippen molar-refractivity contribution < 1.29 is 18.7 Å². The Morgan fingerprint density at radius 3 is 2.48 bits per heavy atom. The van der Waals surface area contributed by atoms with Crippen LogP contribution < -0.4 is 0 Å². The Kier molecular flexibility index (Phi) is 6.02. The van der Waals surface area contributed by atoms with E-state index in [1.165, 1.54) is 12.1 Å². The molecule has 0 unspecified atom stereocenters. The summed E-state index contributed by atoms with van der Waals surface area (Å²) in [5.74, 6) is 0.0365. The summed E-state index contributed by atoms with van der Waals surface area (Å²) in [6.07, 6.45) is 2.37. The molecule has 0 saturated carbocycles. The molecule has 0 N–H and O–H groups in total. The van der Waals surface area contributed by atoms with Gasteiger partial charge in [-0.25, -0.2) is 4.39 Å². The van der Waals surface area contributed by atoms with Crippen LogP contribution in [0.5, 0.6) is 0 Å². The second-order valence-electron chi connectivity index (χ2n) is 6.72. The third-order valence-electron chi connectivity index (χ3n) is 5.04. The molecule has 5 nitrogen and oxygen atoms in total. The van der Waals surface area contributed by atoms with E-state index in [0.29, 0.717) is 52.2 Å². The van der Waals surface area contributed by atoms with E-state index in [4.69, 9.17) is 4.74 Å². The third kappa shape index (κ3) is 4.78. The monoisotopic (exact) mass is 348 g/mol. The normalized spacial score (nSPS) is 19.1. The molecule has 25 heavy (non-hydrogen) atoms. The number of hydrogen-bond donors (Lipinski definition) is 0. The molecule has 2 aliphatic heterocycles. The van der Waals surface area contributed by atoms with Gasteiger partial charge < -0.3 is 14.5 Å². The maximum absolute atomic E-state index is 13.2. The fraction of sp³-hybridized carbons (Fsp3) is 0.579. The summed E-state index contributed by atoms with van der Waals surface area (Å²) >= 11 is 0. The van der Waals surface area contributed by atoms with Crippen LogP contribution in [0.1, 0.15) is 24.8 Å². The minimum Gasteiger partial charge on any atom is -0.378 e. The van der Waals surface area contributed by atoms with E-state index in [2.05, 4.69) is 0 Å². The van der Waals surface area contributed by atoms with Gasteiger partial charge in [0.25, 0.3) is 0 Å². The van der Waals surface area contributed by atoms with Crippen LogP contribution in [0.15, 0.2) is 24.3 Å². The van der Waals surface area contributed by atoms with Crippen LogP contribution in [-0.2, 0) is 20.7 Å². The highest BCUT2D eigenvalue weighted by atomic mass is 19.1. The first kappa shape index (κ1) is 17.9. The topological polar surface area (TPSA) is 49.9 Å². The second kappa shape index (κ2) is 8.43. The highest BCUT2D eigenvalue weighted by Gasteiger charge is 2.30. The van der Waals surface area contributed by atoms with E-state index in [0.717, 1.165) is 18.4 Å². The molecule has 0 aromatic heterocycles. The van der Waals surface area contributed by atoms with Crippen LogP contribution in [0.4, 0.5) is 4.39 Å². The zero-order valence-corrected chi connectivity index (χ0v) is 14.5. The summed E-state index contributed by atoms with van der Waals surface area (Å²) in [5, 5.41) is 0. The molecule has 3 rings (SSSR count). The molecular formula is C19H25FN2O3. The molecule has 0 bridgehead atoms. The number of carbonyl (C=O) groups is 2. The molecule has 2 fully saturated rings. The molecule has 0 radical (unpaired) electrons. The average Bonchev–Trinajstić information content (AvgIpc) is 2.66. The standard InChI is InChI=1S/C19H25FN2O3/c20-17-3-1-2-15(14-17)4-5-18(23)21-8-6-16(7-9-21)19(24)22-10-12-25-13-11-22/h1-3,14,16H,4-13H2. The number of carbonyl (C=O) groups excluding carboxylic acids is 2. The number of amides is 2. The summed E-state index contributed by atoms with van der Waals surface area (Å²) in [7, 11) is 0. The number of benzene rings is 1. The molecule has 2 amide bonds. The Hall–Kier alpha value is -1.95. The van der Waals surface area contributed by atoms with E-state index in [-0.39, 0.29) is 23.5 Å². The Morgan fingerprint density at radius 2 is 1.80 bits per heavy atom. The average molecular weight is 348 g/mol. The first-order chi connectivity index (χ1) is 12.1. The van der Waals surface area contributed by atoms with Crippen LogP contribution in [0.3, 0.4) is 0 Å². The Balaban J connectivity index is 1.43. The lowest BCUT2D eigenvalue weighted by Gasteiger charge is -2.35. The van der Waals surface area contributed by atoms with E-state index in [1.54, 1.807) is 6.07 Å². The van der Waals surface area contributed by atoms with E-state index < -0.39 is 0 Å². The van der Waals surface area contributed by atoms with Gasteiger partial charge in [0.05, 0.1) is 13.2 Å². The van der Waals surface area contributed by atoms with Crippen LogP contribution in [0, 0.1) is 11.7 Å². The zero-order valence-electron chi connectivity index (χ0n) is 14.5. The van der Waals surface area contributed by atoms with Crippen molar-refractivity contribution in [2.45, 2.75) is 25.7 Å². The lowest BCUT2D eigenvalue weighted by Crippen LogP contribution is -2.47. The van der Waals surface area contributed by atoms with Crippen molar-refractivity contribution in [1.29, 1.82) is 0 Å². The van der Waals surface area contributed by atoms with Gasteiger partial charge in [0, 0.05) is 38.5 Å². The molecule has 0 atom stereocenters. The van der Waals surface area contributed by atoms with E-state index >= 15 is 0 Å². The number of ether oxygens (including phenoxy) is 1. The van der Waals surface area contributed by atoms with Crippen LogP contribution >= 0.6 is 0 Å². The maximum atomic E-state index is 13.2. The van der Waals surface area contributed by atoms with Crippen molar-refractivity contribution in [1.82, 2.24) is 9.80 Å². The van der Waals surface area contributed by atoms with Gasteiger partial charge in [-0.3, -0.25) is 9.59 Å². The van der Waals surface area contributed by atoms with Gasteiger partial charge in [-0.1, -0.05) is 12.1 Å². The summed E-state index contributed by atoms with van der Waals surface area (Å²) in [6.45, 7) is 3.83. The highest BCUT2D eigenvalue weighted by molar-refractivity contribution is 5.80. The predicted octanol–water partition coefficient (Wildman–Crippen LogP) is 1.86. The fourth-order valence-corrected chi connectivity index (χ4v) is 3.52. The molecule has 6 heteroatoms. The number of rotatable bonds is 4. The molecule has 1 aromatic rings. The summed E-state index contributed by atoms with van der Waals surface area (Å²) < 4.78 is 18.5. The molecule has 1 aromatic carbocycles. The first-order valence-corrected chi connectivity index (χ1v) is 9.02. The van der Waals surface area contributed by atoms with Gasteiger partial charge in [-0.2, -0.15) is 0 Å². The van der Waals surface area contributed by atoms with Gasteiger partial charge in [-0.05, 0) is 37.0 Å². The van der Waals surface area contributed by atoms with E-state index in [1.807, 2.05) is 15.9 Å². The number of piperidine rings is 1. The van der Waals surface area contributed by atoms with Crippen molar-refractivity contribution in [3.05, 3.63) is 35.6 Å². The van der Waals surface area contributed by atoms with Crippen molar-refractivity contribution in [3.63, 3.8) is 0 Å². The van der Waals surface area contributed by atoms with Gasteiger partial charge in [0.15, 0.2) is 0 Å². The smallest absolute Gasteiger partial charge is 0.225 e. The number of morpholine rings is 1. The largest absolute Gasteiger partial charge is 0.378 e. The van der Waals surface area contributed by atoms with Crippen LogP contribution in [0.2, 0.25) is 0 Å². The van der Waals surface area contributed by atoms with Gasteiger partial charge in [0.2, 0.25) is 11.8 Å².